The van der Waals surface area contributed by atoms with E-state index in [1.165, 1.54) is 12.1 Å². The molecule has 1 aromatic heterocycles. The van der Waals surface area contributed by atoms with Crippen molar-refractivity contribution in [2.24, 2.45) is 5.92 Å². The van der Waals surface area contributed by atoms with Gasteiger partial charge in [0.2, 0.25) is 0 Å². The molecule has 1 amide bonds. The summed E-state index contributed by atoms with van der Waals surface area (Å²) in [6.45, 7) is 8.75. The summed E-state index contributed by atoms with van der Waals surface area (Å²) in [6, 6.07) is 6.04. The molecule has 1 N–H and O–H groups in total. The van der Waals surface area contributed by atoms with Crippen LogP contribution in [0, 0.1) is 29.4 Å². The first-order chi connectivity index (χ1) is 16.5. The summed E-state index contributed by atoms with van der Waals surface area (Å²) in [4.78, 5) is 17.2. The Bertz CT molecular complexity index is 1250. The van der Waals surface area contributed by atoms with Crippen LogP contribution in [0.25, 0.3) is 0 Å². The Balaban J connectivity index is 2.39. The lowest BCUT2D eigenvalue weighted by Crippen LogP contribution is -2.43. The first kappa shape index (κ1) is 29.7. The van der Waals surface area contributed by atoms with Crippen molar-refractivity contribution < 1.29 is 26.7 Å². The second-order valence-electron chi connectivity index (χ2n) is 9.85. The van der Waals surface area contributed by atoms with Crippen molar-refractivity contribution in [1.82, 2.24) is 10.3 Å². The molecule has 1 unspecified atom stereocenters. The van der Waals surface area contributed by atoms with Gasteiger partial charge in [0.25, 0.3) is 0 Å². The van der Waals surface area contributed by atoms with Gasteiger partial charge in [-0.15, -0.1) is 0 Å². The Hall–Kier alpha value is -2.51. The SMILES string of the molecule is CC(C#Cc1ccc(Br)c([C@H](C)[C@H](Cc2cc(F)cc(F)c2)NC(=O)OC(C)(C)C)n1)CS(C)(=O)=O. The van der Waals surface area contributed by atoms with Gasteiger partial charge in [-0.3, -0.25) is 0 Å². The molecule has 0 aliphatic heterocycles. The number of aromatic nitrogens is 1. The van der Waals surface area contributed by atoms with E-state index < -0.39 is 45.1 Å². The van der Waals surface area contributed by atoms with Crippen LogP contribution in [0.3, 0.4) is 0 Å². The number of carbonyl (C=O) groups is 1. The summed E-state index contributed by atoms with van der Waals surface area (Å²) < 4.78 is 56.7. The predicted molar refractivity (Wildman–Crippen MR) is 139 cm³/mol. The van der Waals surface area contributed by atoms with E-state index in [0.29, 0.717) is 21.4 Å². The molecule has 2 aromatic rings. The number of ether oxygens (including phenoxy) is 1. The van der Waals surface area contributed by atoms with Crippen molar-refractivity contribution in [2.45, 2.75) is 58.6 Å². The average molecular weight is 586 g/mol. The highest BCUT2D eigenvalue weighted by atomic mass is 79.9. The zero-order valence-corrected chi connectivity index (χ0v) is 23.6. The van der Waals surface area contributed by atoms with Crippen LogP contribution in [0.1, 0.15) is 57.5 Å². The topological polar surface area (TPSA) is 85.4 Å². The van der Waals surface area contributed by atoms with Crippen molar-refractivity contribution in [2.75, 3.05) is 12.0 Å². The number of nitrogens with zero attached hydrogens (tertiary/aromatic N) is 1. The molecule has 0 saturated carbocycles. The average Bonchev–Trinajstić information content (AvgIpc) is 2.68. The zero-order chi connectivity index (χ0) is 27.3. The van der Waals surface area contributed by atoms with E-state index in [1.54, 1.807) is 39.8 Å². The third kappa shape index (κ3) is 10.2. The number of pyridine rings is 1. The number of carbonyl (C=O) groups excluding carboxylic acids is 1. The van der Waals surface area contributed by atoms with E-state index in [9.17, 15) is 22.0 Å². The van der Waals surface area contributed by atoms with Crippen LogP contribution in [0.4, 0.5) is 13.6 Å². The monoisotopic (exact) mass is 584 g/mol. The van der Waals surface area contributed by atoms with Crippen molar-refractivity contribution in [3.8, 4) is 11.8 Å². The van der Waals surface area contributed by atoms with Crippen molar-refractivity contribution in [3.63, 3.8) is 0 Å². The molecule has 196 valence electrons. The number of sulfone groups is 1. The van der Waals surface area contributed by atoms with Crippen LogP contribution in [0.2, 0.25) is 0 Å². The van der Waals surface area contributed by atoms with Crippen LogP contribution in [-0.2, 0) is 21.0 Å². The van der Waals surface area contributed by atoms with E-state index >= 15 is 0 Å². The summed E-state index contributed by atoms with van der Waals surface area (Å²) >= 11 is 3.49. The van der Waals surface area contributed by atoms with Gasteiger partial charge in [0.15, 0.2) is 0 Å². The van der Waals surface area contributed by atoms with Gasteiger partial charge in [-0.05, 0) is 78.9 Å². The smallest absolute Gasteiger partial charge is 0.407 e. The number of hydrogen-bond acceptors (Lipinski definition) is 5. The molecular weight excluding hydrogens is 554 g/mol. The molecule has 6 nitrogen and oxygen atoms in total. The molecule has 2 rings (SSSR count). The largest absolute Gasteiger partial charge is 0.444 e. The number of halogens is 3. The van der Waals surface area contributed by atoms with E-state index in [-0.39, 0.29) is 18.1 Å². The molecule has 36 heavy (non-hydrogen) atoms. The Labute approximate surface area is 220 Å². The number of alkyl carbamates (subject to hydrolysis) is 1. The number of hydrogen-bond donors (Lipinski definition) is 1. The van der Waals surface area contributed by atoms with Gasteiger partial charge in [-0.1, -0.05) is 19.8 Å². The molecule has 0 aliphatic rings. The summed E-state index contributed by atoms with van der Waals surface area (Å²) in [5, 5.41) is 2.81. The summed E-state index contributed by atoms with van der Waals surface area (Å²) in [6.07, 6.45) is 0.605. The first-order valence-electron chi connectivity index (χ1n) is 11.3. The lowest BCUT2D eigenvalue weighted by molar-refractivity contribution is 0.0497. The minimum absolute atomic E-state index is 0.0636. The van der Waals surface area contributed by atoms with Crippen LogP contribution < -0.4 is 5.32 Å². The van der Waals surface area contributed by atoms with E-state index in [0.717, 1.165) is 12.3 Å². The van der Waals surface area contributed by atoms with Gasteiger partial charge < -0.3 is 10.1 Å². The van der Waals surface area contributed by atoms with Gasteiger partial charge in [-0.25, -0.2) is 27.0 Å². The van der Waals surface area contributed by atoms with Gasteiger partial charge >= 0.3 is 6.09 Å². The molecule has 0 fully saturated rings. The second kappa shape index (κ2) is 12.2. The molecule has 10 heteroatoms. The summed E-state index contributed by atoms with van der Waals surface area (Å²) in [5.74, 6) is 3.51. The number of benzene rings is 1. The van der Waals surface area contributed by atoms with E-state index in [4.69, 9.17) is 4.74 Å². The first-order valence-corrected chi connectivity index (χ1v) is 14.2. The minimum Gasteiger partial charge on any atom is -0.444 e. The molecule has 1 heterocycles. The van der Waals surface area contributed by atoms with Gasteiger partial charge in [0.05, 0.1) is 11.4 Å². The number of nitrogens with one attached hydrogen (secondary N) is 1. The van der Waals surface area contributed by atoms with E-state index in [2.05, 4.69) is 38.1 Å². The van der Waals surface area contributed by atoms with E-state index in [1.807, 2.05) is 6.92 Å². The molecular formula is C26H31BrF2N2O4S. The van der Waals surface area contributed by atoms with Gasteiger partial charge in [-0.2, -0.15) is 0 Å². The normalized spacial score (nSPS) is 14.2. The fourth-order valence-electron chi connectivity index (χ4n) is 3.52. The molecule has 1 aromatic carbocycles. The fourth-order valence-corrected chi connectivity index (χ4v) is 5.10. The lowest BCUT2D eigenvalue weighted by atomic mass is 9.91. The lowest BCUT2D eigenvalue weighted by Gasteiger charge is -2.28. The van der Waals surface area contributed by atoms with Gasteiger partial charge in [0.1, 0.15) is 32.8 Å². The van der Waals surface area contributed by atoms with Crippen molar-refractivity contribution in [3.05, 3.63) is 63.4 Å². The standard InChI is InChI=1S/C26H31BrF2N2O4S/c1-16(15-36(6,33)34)7-8-21-9-10-22(27)24(30-21)17(2)23(31-25(32)35-26(3,4)5)13-18-11-19(28)14-20(29)12-18/h9-12,14,16-17,23H,13,15H2,1-6H3,(H,31,32)/t16?,17-,23+/m1/s1. The Morgan fingerprint density at radius 2 is 1.78 bits per heavy atom. The highest BCUT2D eigenvalue weighted by Crippen LogP contribution is 2.28. The molecule has 0 bridgehead atoms. The highest BCUT2D eigenvalue weighted by Gasteiger charge is 2.27. The zero-order valence-electron chi connectivity index (χ0n) is 21.2. The number of amides is 1. The maximum Gasteiger partial charge on any atom is 0.407 e. The molecule has 0 radical (unpaired) electrons. The van der Waals surface area contributed by atoms with Crippen LogP contribution in [-0.4, -0.2) is 43.1 Å². The maximum absolute atomic E-state index is 13.8. The Kier molecular flexibility index (Phi) is 10.0. The fraction of sp³-hybridized carbons (Fsp3) is 0.462. The Morgan fingerprint density at radius 3 is 2.33 bits per heavy atom. The predicted octanol–water partition coefficient (Wildman–Crippen LogP) is 5.39. The molecule has 0 saturated heterocycles. The maximum atomic E-state index is 13.8. The minimum atomic E-state index is -3.16. The number of rotatable bonds is 7. The van der Waals surface area contributed by atoms with Crippen molar-refractivity contribution >= 4 is 31.9 Å². The third-order valence-corrected chi connectivity index (χ3v) is 6.76. The molecule has 0 aliphatic carbocycles. The van der Waals surface area contributed by atoms with Crippen LogP contribution >= 0.6 is 15.9 Å². The van der Waals surface area contributed by atoms with Crippen LogP contribution in [0.5, 0.6) is 0 Å². The second-order valence-corrected chi connectivity index (χ2v) is 12.9. The highest BCUT2D eigenvalue weighted by molar-refractivity contribution is 9.10. The van der Waals surface area contributed by atoms with Crippen LogP contribution in [0.15, 0.2) is 34.8 Å². The quantitative estimate of drug-likeness (QED) is 0.441. The van der Waals surface area contributed by atoms with Crippen molar-refractivity contribution in [1.29, 1.82) is 0 Å². The summed E-state index contributed by atoms with van der Waals surface area (Å²) in [5.41, 5.74) is 0.616. The third-order valence-electron chi connectivity index (χ3n) is 4.99. The molecule has 3 atom stereocenters. The van der Waals surface area contributed by atoms with Gasteiger partial charge in [0, 0.05) is 34.7 Å². The Morgan fingerprint density at radius 1 is 1.17 bits per heavy atom. The summed E-state index contributed by atoms with van der Waals surface area (Å²) in [7, 11) is -3.16. The molecule has 0 spiro atoms.